The summed E-state index contributed by atoms with van der Waals surface area (Å²) in [6.07, 6.45) is 1.65. The van der Waals surface area contributed by atoms with E-state index in [0.717, 1.165) is 10.7 Å². The van der Waals surface area contributed by atoms with Gasteiger partial charge in [-0.05, 0) is 12.1 Å². The summed E-state index contributed by atoms with van der Waals surface area (Å²) in [4.78, 5) is 16.9. The van der Waals surface area contributed by atoms with Crippen LogP contribution in [0, 0.1) is 0 Å². The van der Waals surface area contributed by atoms with Crippen molar-refractivity contribution in [3.8, 4) is 0 Å². The van der Waals surface area contributed by atoms with E-state index >= 15 is 0 Å². The Bertz CT molecular complexity index is 495. The van der Waals surface area contributed by atoms with E-state index in [1.165, 1.54) is 11.3 Å². The van der Waals surface area contributed by atoms with Crippen LogP contribution in [-0.4, -0.2) is 17.9 Å². The second-order valence-corrected chi connectivity index (χ2v) is 4.27. The summed E-state index contributed by atoms with van der Waals surface area (Å²) in [6, 6.07) is 9.86. The fourth-order valence-electron chi connectivity index (χ4n) is 1.31. The third-order valence-electron chi connectivity index (χ3n) is 2.18. The molecule has 0 spiro atoms. The predicted molar refractivity (Wildman–Crippen MR) is 65.1 cm³/mol. The first-order chi connectivity index (χ1) is 7.68. The largest absolute Gasteiger partial charge is 0.364 e. The first-order valence-electron chi connectivity index (χ1n) is 4.73. The zero-order valence-corrected chi connectivity index (χ0v) is 9.57. The molecule has 2 aromatic rings. The maximum atomic E-state index is 10.9. The molecule has 1 aromatic carbocycles. The SMILES string of the molecule is CN(c1ccccc1)c1cnc(C(N)=O)s1. The fourth-order valence-corrected chi connectivity index (χ4v) is 2.07. The highest BCUT2D eigenvalue weighted by atomic mass is 32.1. The number of aromatic nitrogens is 1. The number of nitrogens with zero attached hydrogens (tertiary/aromatic N) is 2. The average Bonchev–Trinajstić information content (AvgIpc) is 2.78. The Morgan fingerprint density at radius 3 is 2.62 bits per heavy atom. The van der Waals surface area contributed by atoms with Gasteiger partial charge in [0.1, 0.15) is 5.00 Å². The minimum atomic E-state index is -0.488. The first-order valence-corrected chi connectivity index (χ1v) is 5.54. The smallest absolute Gasteiger partial charge is 0.277 e. The van der Waals surface area contributed by atoms with E-state index in [2.05, 4.69) is 4.98 Å². The van der Waals surface area contributed by atoms with Crippen molar-refractivity contribution in [2.75, 3.05) is 11.9 Å². The maximum Gasteiger partial charge on any atom is 0.277 e. The van der Waals surface area contributed by atoms with E-state index in [0.29, 0.717) is 5.01 Å². The topological polar surface area (TPSA) is 59.2 Å². The number of thiazole rings is 1. The highest BCUT2D eigenvalue weighted by Crippen LogP contribution is 2.28. The second-order valence-electron chi connectivity index (χ2n) is 3.26. The van der Waals surface area contributed by atoms with Crippen LogP contribution in [-0.2, 0) is 0 Å². The number of carbonyl (C=O) groups is 1. The molecule has 1 amide bonds. The lowest BCUT2D eigenvalue weighted by Gasteiger charge is -2.15. The summed E-state index contributed by atoms with van der Waals surface area (Å²) < 4.78 is 0. The van der Waals surface area contributed by atoms with E-state index in [-0.39, 0.29) is 0 Å². The Morgan fingerprint density at radius 1 is 1.38 bits per heavy atom. The van der Waals surface area contributed by atoms with Crippen LogP contribution >= 0.6 is 11.3 Å². The van der Waals surface area contributed by atoms with Crippen molar-refractivity contribution < 1.29 is 4.79 Å². The molecule has 0 bridgehead atoms. The van der Waals surface area contributed by atoms with Crippen molar-refractivity contribution >= 4 is 27.9 Å². The van der Waals surface area contributed by atoms with Gasteiger partial charge in [-0.3, -0.25) is 4.79 Å². The standard InChI is InChI=1S/C11H11N3OS/c1-14(8-5-3-2-4-6-8)9-7-13-11(16-9)10(12)15/h2-7H,1H3,(H2,12,15). The third kappa shape index (κ3) is 2.04. The second kappa shape index (κ2) is 4.32. The van der Waals surface area contributed by atoms with E-state index in [1.54, 1.807) is 6.20 Å². The number of amides is 1. The molecule has 2 N–H and O–H groups in total. The van der Waals surface area contributed by atoms with E-state index < -0.39 is 5.91 Å². The van der Waals surface area contributed by atoms with Crippen molar-refractivity contribution in [3.63, 3.8) is 0 Å². The molecule has 0 saturated heterocycles. The van der Waals surface area contributed by atoms with Crippen LogP contribution in [0.3, 0.4) is 0 Å². The Kier molecular flexibility index (Phi) is 2.87. The Morgan fingerprint density at radius 2 is 2.06 bits per heavy atom. The monoisotopic (exact) mass is 233 g/mol. The van der Waals surface area contributed by atoms with Gasteiger partial charge >= 0.3 is 0 Å². The molecule has 0 unspecified atom stereocenters. The minimum absolute atomic E-state index is 0.331. The van der Waals surface area contributed by atoms with Gasteiger partial charge in [-0.2, -0.15) is 0 Å². The summed E-state index contributed by atoms with van der Waals surface area (Å²) in [5.74, 6) is -0.488. The van der Waals surface area contributed by atoms with Crippen molar-refractivity contribution in [3.05, 3.63) is 41.5 Å². The van der Waals surface area contributed by atoms with E-state index in [1.807, 2.05) is 42.3 Å². The highest BCUT2D eigenvalue weighted by molar-refractivity contribution is 7.17. The minimum Gasteiger partial charge on any atom is -0.364 e. The normalized spacial score (nSPS) is 10.1. The van der Waals surface area contributed by atoms with Crippen molar-refractivity contribution in [1.29, 1.82) is 0 Å². The van der Waals surface area contributed by atoms with Gasteiger partial charge in [-0.1, -0.05) is 29.5 Å². The summed E-state index contributed by atoms with van der Waals surface area (Å²) in [5, 5.41) is 1.22. The van der Waals surface area contributed by atoms with Crippen molar-refractivity contribution in [2.24, 2.45) is 5.73 Å². The summed E-state index contributed by atoms with van der Waals surface area (Å²) in [5.41, 5.74) is 6.20. The van der Waals surface area contributed by atoms with Gasteiger partial charge < -0.3 is 10.6 Å². The van der Waals surface area contributed by atoms with Crippen molar-refractivity contribution in [2.45, 2.75) is 0 Å². The van der Waals surface area contributed by atoms with Gasteiger partial charge in [0, 0.05) is 12.7 Å². The number of rotatable bonds is 3. The number of nitrogens with two attached hydrogens (primary N) is 1. The number of primary amides is 1. The van der Waals surface area contributed by atoms with Crippen LogP contribution < -0.4 is 10.6 Å². The van der Waals surface area contributed by atoms with E-state index in [9.17, 15) is 4.79 Å². The zero-order valence-electron chi connectivity index (χ0n) is 8.75. The van der Waals surface area contributed by atoms with Crippen LogP contribution in [0.4, 0.5) is 10.7 Å². The Balaban J connectivity index is 2.27. The molecule has 0 radical (unpaired) electrons. The number of anilines is 2. The fraction of sp³-hybridized carbons (Fsp3) is 0.0909. The average molecular weight is 233 g/mol. The molecule has 82 valence electrons. The van der Waals surface area contributed by atoms with E-state index in [4.69, 9.17) is 5.73 Å². The van der Waals surface area contributed by atoms with Crippen molar-refractivity contribution in [1.82, 2.24) is 4.98 Å². The molecular weight excluding hydrogens is 222 g/mol. The Labute approximate surface area is 97.3 Å². The van der Waals surface area contributed by atoms with Crippen LogP contribution in [0.25, 0.3) is 0 Å². The lowest BCUT2D eigenvalue weighted by Crippen LogP contribution is -2.10. The predicted octanol–water partition coefficient (Wildman–Crippen LogP) is 2.01. The molecule has 16 heavy (non-hydrogen) atoms. The van der Waals surface area contributed by atoms with Crippen LogP contribution in [0.2, 0.25) is 0 Å². The summed E-state index contributed by atoms with van der Waals surface area (Å²) in [7, 11) is 1.92. The molecular formula is C11H11N3OS. The molecule has 0 aliphatic rings. The lowest BCUT2D eigenvalue weighted by atomic mass is 10.3. The molecule has 5 heteroatoms. The number of hydrogen-bond acceptors (Lipinski definition) is 4. The number of carbonyl (C=O) groups excluding carboxylic acids is 1. The number of benzene rings is 1. The maximum absolute atomic E-state index is 10.9. The van der Waals surface area contributed by atoms with Gasteiger partial charge in [-0.25, -0.2) is 4.98 Å². The summed E-state index contributed by atoms with van der Waals surface area (Å²) in [6.45, 7) is 0. The van der Waals surface area contributed by atoms with Gasteiger partial charge in [0.15, 0.2) is 5.01 Å². The first kappa shape index (κ1) is 10.6. The van der Waals surface area contributed by atoms with Gasteiger partial charge in [0.05, 0.1) is 6.20 Å². The number of para-hydroxylation sites is 1. The molecule has 1 aromatic heterocycles. The van der Waals surface area contributed by atoms with Gasteiger partial charge in [-0.15, -0.1) is 0 Å². The summed E-state index contributed by atoms with van der Waals surface area (Å²) >= 11 is 1.28. The molecule has 0 aliphatic carbocycles. The Hall–Kier alpha value is -1.88. The molecule has 0 saturated carbocycles. The lowest BCUT2D eigenvalue weighted by molar-refractivity contribution is 0.1000. The zero-order chi connectivity index (χ0) is 11.5. The van der Waals surface area contributed by atoms with Gasteiger partial charge in [0.25, 0.3) is 5.91 Å². The molecule has 4 nitrogen and oxygen atoms in total. The molecule has 2 rings (SSSR count). The van der Waals surface area contributed by atoms with Gasteiger partial charge in [0.2, 0.25) is 0 Å². The molecule has 0 aliphatic heterocycles. The van der Waals surface area contributed by atoms with Crippen LogP contribution in [0.15, 0.2) is 36.5 Å². The van der Waals surface area contributed by atoms with Crippen LogP contribution in [0.1, 0.15) is 9.80 Å². The van der Waals surface area contributed by atoms with Crippen LogP contribution in [0.5, 0.6) is 0 Å². The number of hydrogen-bond donors (Lipinski definition) is 1. The molecule has 0 fully saturated rings. The molecule has 0 atom stereocenters. The highest BCUT2D eigenvalue weighted by Gasteiger charge is 2.10. The molecule has 1 heterocycles. The quantitative estimate of drug-likeness (QED) is 0.882. The third-order valence-corrected chi connectivity index (χ3v) is 3.27.